The first-order valence-corrected chi connectivity index (χ1v) is 7.41. The van der Waals surface area contributed by atoms with Crippen molar-refractivity contribution >= 4 is 28.6 Å². The van der Waals surface area contributed by atoms with Gasteiger partial charge in [-0.3, -0.25) is 4.98 Å². The maximum Gasteiger partial charge on any atom is 0.337 e. The normalized spacial score (nSPS) is 11.9. The molecule has 3 N–H and O–H groups in total. The fourth-order valence-corrected chi connectivity index (χ4v) is 2.41. The van der Waals surface area contributed by atoms with Gasteiger partial charge in [-0.1, -0.05) is 6.07 Å². The number of nitrogens with zero attached hydrogens (tertiary/aromatic N) is 3. The van der Waals surface area contributed by atoms with E-state index in [0.717, 1.165) is 11.1 Å². The standard InChI is InChI=1S/C17H17N5O2/c1-10(13-5-3-4-8-19-13)20-15-12-7-6-11(16(23)24-2)9-14(12)21-17(18)22-15/h3-10H,1-2H3,(H3,18,20,21,22)/t10-/m1/s1. The summed E-state index contributed by atoms with van der Waals surface area (Å²) in [4.78, 5) is 24.5. The third-order valence-electron chi connectivity index (χ3n) is 3.62. The zero-order valence-corrected chi connectivity index (χ0v) is 13.4. The lowest BCUT2D eigenvalue weighted by molar-refractivity contribution is 0.0601. The third-order valence-corrected chi connectivity index (χ3v) is 3.62. The highest BCUT2D eigenvalue weighted by Gasteiger charge is 2.13. The van der Waals surface area contributed by atoms with E-state index in [2.05, 4.69) is 20.3 Å². The van der Waals surface area contributed by atoms with Gasteiger partial charge in [0.1, 0.15) is 5.82 Å². The molecule has 0 aliphatic rings. The number of rotatable bonds is 4. The summed E-state index contributed by atoms with van der Waals surface area (Å²) < 4.78 is 4.73. The second-order valence-corrected chi connectivity index (χ2v) is 5.27. The van der Waals surface area contributed by atoms with Crippen LogP contribution >= 0.6 is 0 Å². The van der Waals surface area contributed by atoms with Gasteiger partial charge in [-0.15, -0.1) is 0 Å². The maximum atomic E-state index is 11.7. The molecule has 24 heavy (non-hydrogen) atoms. The van der Waals surface area contributed by atoms with Gasteiger partial charge >= 0.3 is 5.97 Å². The van der Waals surface area contributed by atoms with Crippen molar-refractivity contribution in [3.8, 4) is 0 Å². The smallest absolute Gasteiger partial charge is 0.337 e. The Kier molecular flexibility index (Phi) is 4.24. The fraction of sp³-hybridized carbons (Fsp3) is 0.176. The van der Waals surface area contributed by atoms with Crippen LogP contribution in [-0.4, -0.2) is 28.0 Å². The Morgan fingerprint density at radius 1 is 1.25 bits per heavy atom. The van der Waals surface area contributed by atoms with Crippen LogP contribution in [0.4, 0.5) is 11.8 Å². The summed E-state index contributed by atoms with van der Waals surface area (Å²) in [5.41, 5.74) is 7.67. The number of hydrogen-bond donors (Lipinski definition) is 2. The molecular weight excluding hydrogens is 306 g/mol. The van der Waals surface area contributed by atoms with E-state index in [9.17, 15) is 4.79 Å². The zero-order chi connectivity index (χ0) is 17.1. The number of pyridine rings is 1. The fourth-order valence-electron chi connectivity index (χ4n) is 2.41. The molecule has 3 aromatic rings. The van der Waals surface area contributed by atoms with Crippen molar-refractivity contribution in [3.05, 3.63) is 53.9 Å². The molecule has 0 radical (unpaired) electrons. The Labute approximate surface area is 138 Å². The molecule has 2 heterocycles. The van der Waals surface area contributed by atoms with Gasteiger partial charge in [0.25, 0.3) is 0 Å². The number of carbonyl (C=O) groups excluding carboxylic acids is 1. The Bertz CT molecular complexity index is 883. The zero-order valence-electron chi connectivity index (χ0n) is 13.4. The van der Waals surface area contributed by atoms with Crippen molar-refractivity contribution in [1.82, 2.24) is 15.0 Å². The second-order valence-electron chi connectivity index (χ2n) is 5.27. The van der Waals surface area contributed by atoms with Gasteiger partial charge in [-0.05, 0) is 37.3 Å². The minimum atomic E-state index is -0.426. The van der Waals surface area contributed by atoms with Crippen LogP contribution in [-0.2, 0) is 4.74 Å². The lowest BCUT2D eigenvalue weighted by Crippen LogP contribution is -2.11. The number of carbonyl (C=O) groups is 1. The minimum absolute atomic E-state index is 0.0658. The monoisotopic (exact) mass is 323 g/mol. The van der Waals surface area contributed by atoms with Crippen LogP contribution in [0.1, 0.15) is 29.0 Å². The predicted molar refractivity (Wildman–Crippen MR) is 91.6 cm³/mol. The summed E-state index contributed by atoms with van der Waals surface area (Å²) in [6, 6.07) is 10.7. The van der Waals surface area contributed by atoms with Crippen molar-refractivity contribution in [3.63, 3.8) is 0 Å². The summed E-state index contributed by atoms with van der Waals surface area (Å²) in [5.74, 6) is 0.290. The number of benzene rings is 1. The number of esters is 1. The van der Waals surface area contributed by atoms with Crippen LogP contribution in [0.3, 0.4) is 0 Å². The van der Waals surface area contributed by atoms with Crippen molar-refractivity contribution in [2.24, 2.45) is 0 Å². The summed E-state index contributed by atoms with van der Waals surface area (Å²) in [6.45, 7) is 1.98. The lowest BCUT2D eigenvalue weighted by Gasteiger charge is -2.16. The Hall–Kier alpha value is -3.22. The third kappa shape index (κ3) is 3.10. The highest BCUT2D eigenvalue weighted by molar-refractivity contribution is 5.97. The molecule has 0 spiro atoms. The van der Waals surface area contributed by atoms with E-state index in [1.54, 1.807) is 24.4 Å². The average Bonchev–Trinajstić information content (AvgIpc) is 2.61. The number of methoxy groups -OCH3 is 1. The molecule has 7 heteroatoms. The quantitative estimate of drug-likeness (QED) is 0.711. The number of fused-ring (bicyclic) bond motifs is 1. The van der Waals surface area contributed by atoms with Crippen LogP contribution in [0, 0.1) is 0 Å². The van der Waals surface area contributed by atoms with E-state index >= 15 is 0 Å². The molecule has 0 fully saturated rings. The number of aromatic nitrogens is 3. The molecule has 0 aliphatic heterocycles. The van der Waals surface area contributed by atoms with E-state index in [1.807, 2.05) is 25.1 Å². The number of hydrogen-bond acceptors (Lipinski definition) is 7. The summed E-state index contributed by atoms with van der Waals surface area (Å²) >= 11 is 0. The first-order chi connectivity index (χ1) is 11.6. The van der Waals surface area contributed by atoms with Gasteiger partial charge in [0.2, 0.25) is 5.95 Å². The van der Waals surface area contributed by atoms with Crippen molar-refractivity contribution in [1.29, 1.82) is 0 Å². The molecule has 2 aromatic heterocycles. The van der Waals surface area contributed by atoms with Gasteiger partial charge in [0.15, 0.2) is 0 Å². The van der Waals surface area contributed by atoms with E-state index in [-0.39, 0.29) is 12.0 Å². The van der Waals surface area contributed by atoms with Gasteiger partial charge in [-0.25, -0.2) is 9.78 Å². The minimum Gasteiger partial charge on any atom is -0.465 e. The van der Waals surface area contributed by atoms with Crippen molar-refractivity contribution < 1.29 is 9.53 Å². The Morgan fingerprint density at radius 3 is 2.79 bits per heavy atom. The summed E-state index contributed by atoms with van der Waals surface area (Å²) in [5, 5.41) is 4.06. The predicted octanol–water partition coefficient (Wildman–Crippen LogP) is 2.57. The second kappa shape index (κ2) is 6.49. The largest absolute Gasteiger partial charge is 0.465 e. The molecule has 122 valence electrons. The molecular formula is C17H17N5O2. The van der Waals surface area contributed by atoms with E-state index in [4.69, 9.17) is 10.5 Å². The molecule has 1 atom stereocenters. The molecule has 0 saturated carbocycles. The maximum absolute atomic E-state index is 11.7. The first kappa shape index (κ1) is 15.7. The molecule has 0 aliphatic carbocycles. The number of anilines is 2. The Balaban J connectivity index is 2.00. The molecule has 0 amide bonds. The SMILES string of the molecule is COC(=O)c1ccc2c(N[C@H](C)c3ccccn3)nc(N)nc2c1. The van der Waals surface area contributed by atoms with E-state index < -0.39 is 5.97 Å². The molecule has 0 unspecified atom stereocenters. The van der Waals surface area contributed by atoms with Crippen LogP contribution in [0.2, 0.25) is 0 Å². The van der Waals surface area contributed by atoms with Crippen LogP contribution < -0.4 is 11.1 Å². The van der Waals surface area contributed by atoms with Crippen molar-refractivity contribution in [2.75, 3.05) is 18.2 Å². The van der Waals surface area contributed by atoms with Crippen LogP contribution in [0.25, 0.3) is 10.9 Å². The number of nitrogens with two attached hydrogens (primary N) is 1. The van der Waals surface area contributed by atoms with E-state index in [0.29, 0.717) is 16.9 Å². The highest BCUT2D eigenvalue weighted by atomic mass is 16.5. The summed E-state index contributed by atoms with van der Waals surface area (Å²) in [6.07, 6.45) is 1.74. The van der Waals surface area contributed by atoms with Gasteiger partial charge < -0.3 is 15.8 Å². The van der Waals surface area contributed by atoms with Gasteiger partial charge in [-0.2, -0.15) is 4.98 Å². The molecule has 7 nitrogen and oxygen atoms in total. The molecule has 1 aromatic carbocycles. The molecule has 0 bridgehead atoms. The van der Waals surface area contributed by atoms with Crippen molar-refractivity contribution in [2.45, 2.75) is 13.0 Å². The first-order valence-electron chi connectivity index (χ1n) is 7.41. The average molecular weight is 323 g/mol. The topological polar surface area (TPSA) is 103 Å². The number of nitrogen functional groups attached to an aromatic ring is 1. The van der Waals surface area contributed by atoms with Crippen LogP contribution in [0.15, 0.2) is 42.6 Å². The molecule has 3 rings (SSSR count). The van der Waals surface area contributed by atoms with Gasteiger partial charge in [0.05, 0.1) is 29.9 Å². The van der Waals surface area contributed by atoms with Gasteiger partial charge in [0, 0.05) is 11.6 Å². The Morgan fingerprint density at radius 2 is 2.08 bits per heavy atom. The van der Waals surface area contributed by atoms with E-state index in [1.165, 1.54) is 7.11 Å². The highest BCUT2D eigenvalue weighted by Crippen LogP contribution is 2.25. The number of nitrogens with one attached hydrogen (secondary N) is 1. The molecule has 0 saturated heterocycles. The number of ether oxygens (including phenoxy) is 1. The lowest BCUT2D eigenvalue weighted by atomic mass is 10.1. The van der Waals surface area contributed by atoms with Crippen LogP contribution in [0.5, 0.6) is 0 Å². The summed E-state index contributed by atoms with van der Waals surface area (Å²) in [7, 11) is 1.34.